The number of fused-ring (bicyclic) bond motifs is 9. The van der Waals surface area contributed by atoms with Crippen molar-refractivity contribution in [2.24, 2.45) is 0 Å². The van der Waals surface area contributed by atoms with Gasteiger partial charge in [-0.1, -0.05) is 53.2 Å². The van der Waals surface area contributed by atoms with Crippen molar-refractivity contribution in [3.63, 3.8) is 0 Å². The fourth-order valence-corrected chi connectivity index (χ4v) is 10.2. The molecule has 9 rings (SSSR count). The number of benzene rings is 3. The molecular formula is C60H56O11. The van der Waals surface area contributed by atoms with Crippen LogP contribution in [0.5, 0.6) is 17.2 Å². The number of ketones is 6. The molecule has 11 nitrogen and oxygen atoms in total. The third-order valence-corrected chi connectivity index (χ3v) is 14.0. The molecule has 3 aromatic rings. The fourth-order valence-electron chi connectivity index (χ4n) is 10.2. The van der Waals surface area contributed by atoms with Crippen molar-refractivity contribution in [2.75, 3.05) is 0 Å². The van der Waals surface area contributed by atoms with Crippen molar-refractivity contribution < 1.29 is 53.2 Å². The molecule has 0 amide bonds. The normalized spacial score (nSPS) is 22.7. The first-order valence-corrected chi connectivity index (χ1v) is 24.0. The van der Waals surface area contributed by atoms with Crippen LogP contribution >= 0.6 is 0 Å². The van der Waals surface area contributed by atoms with Crippen molar-refractivity contribution >= 4 is 64.4 Å². The molecule has 6 aliphatic rings. The third kappa shape index (κ3) is 8.30. The van der Waals surface area contributed by atoms with Crippen LogP contribution in [0.15, 0.2) is 112 Å². The van der Waals surface area contributed by atoms with E-state index in [9.17, 15) is 29.4 Å². The Balaban J connectivity index is 1.23. The van der Waals surface area contributed by atoms with E-state index in [1.807, 2.05) is 62.3 Å². The second-order valence-electron chi connectivity index (χ2n) is 20.6. The van der Waals surface area contributed by atoms with Crippen LogP contribution in [0.4, 0.5) is 0 Å². The van der Waals surface area contributed by atoms with Crippen LogP contribution in [-0.4, -0.2) is 61.7 Å². The predicted octanol–water partition coefficient (Wildman–Crippen LogP) is 12.6. The fraction of sp³-hybridized carbons (Fsp3) is 0.300. The maximum absolute atomic E-state index is 15.6. The highest BCUT2D eigenvalue weighted by Crippen LogP contribution is 2.49. The van der Waals surface area contributed by atoms with E-state index in [4.69, 9.17) is 14.2 Å². The third-order valence-electron chi connectivity index (χ3n) is 14.0. The number of hydrogen-bond acceptors (Lipinski definition) is 11. The molecule has 0 bridgehead atoms. The van der Waals surface area contributed by atoms with Gasteiger partial charge in [-0.2, -0.15) is 0 Å². The minimum Gasteiger partial charge on any atom is -0.506 e. The molecule has 3 aromatic carbocycles. The van der Waals surface area contributed by atoms with Gasteiger partial charge in [-0.15, -0.1) is 0 Å². The van der Waals surface area contributed by atoms with E-state index in [2.05, 4.69) is 18.2 Å². The zero-order valence-corrected chi connectivity index (χ0v) is 41.5. The number of ether oxygens (including phenoxy) is 3. The van der Waals surface area contributed by atoms with Gasteiger partial charge in [0.1, 0.15) is 45.6 Å². The van der Waals surface area contributed by atoms with Crippen LogP contribution in [0.3, 0.4) is 0 Å². The number of allylic oxidation sites excluding steroid dienone is 10. The van der Waals surface area contributed by atoms with Crippen molar-refractivity contribution in [3.8, 4) is 17.2 Å². The Bertz CT molecular complexity index is 3290. The van der Waals surface area contributed by atoms with E-state index in [1.165, 1.54) is 24.3 Å². The molecule has 0 radical (unpaired) electrons. The first kappa shape index (κ1) is 48.4. The Morgan fingerprint density at radius 1 is 0.423 bits per heavy atom. The molecule has 11 heteroatoms. The summed E-state index contributed by atoms with van der Waals surface area (Å²) in [7, 11) is 0. The van der Waals surface area contributed by atoms with E-state index in [1.54, 1.807) is 48.6 Å². The molecule has 3 atom stereocenters. The van der Waals surface area contributed by atoms with Gasteiger partial charge < -0.3 is 24.4 Å². The Labute approximate surface area is 413 Å². The molecule has 71 heavy (non-hydrogen) atoms. The average molecular weight is 953 g/mol. The lowest BCUT2D eigenvalue weighted by Gasteiger charge is -2.35. The van der Waals surface area contributed by atoms with Gasteiger partial charge in [-0.05, 0) is 155 Å². The molecule has 0 aromatic heterocycles. The summed E-state index contributed by atoms with van der Waals surface area (Å²) in [5.41, 5.74) is -2.60. The van der Waals surface area contributed by atoms with Gasteiger partial charge in [0, 0.05) is 61.2 Å². The molecule has 0 saturated carbocycles. The van der Waals surface area contributed by atoms with Crippen LogP contribution < -0.4 is 14.2 Å². The van der Waals surface area contributed by atoms with E-state index in [0.717, 1.165) is 29.6 Å². The van der Waals surface area contributed by atoms with E-state index >= 15 is 9.59 Å². The van der Waals surface area contributed by atoms with Crippen LogP contribution in [-0.2, 0) is 9.59 Å². The quantitative estimate of drug-likeness (QED) is 0.138. The monoisotopic (exact) mass is 952 g/mol. The Hall–Kier alpha value is -7.66. The van der Waals surface area contributed by atoms with Gasteiger partial charge in [0.2, 0.25) is 23.1 Å². The zero-order chi connectivity index (χ0) is 51.1. The summed E-state index contributed by atoms with van der Waals surface area (Å²) >= 11 is 0. The Kier molecular flexibility index (Phi) is 12.0. The van der Waals surface area contributed by atoms with Crippen molar-refractivity contribution in [3.05, 3.63) is 162 Å². The van der Waals surface area contributed by atoms with Crippen molar-refractivity contribution in [1.82, 2.24) is 0 Å². The first-order chi connectivity index (χ1) is 33.6. The van der Waals surface area contributed by atoms with Gasteiger partial charge in [0.05, 0.1) is 11.1 Å². The largest absolute Gasteiger partial charge is 0.506 e. The number of aliphatic hydroxyl groups excluding tert-OH is 2. The van der Waals surface area contributed by atoms with Crippen LogP contribution in [0.2, 0.25) is 0 Å². The number of rotatable bonds is 11. The molecular weight excluding hydrogens is 897 g/mol. The lowest BCUT2D eigenvalue weighted by atomic mass is 9.70. The van der Waals surface area contributed by atoms with Gasteiger partial charge in [0.15, 0.2) is 11.6 Å². The second-order valence-corrected chi connectivity index (χ2v) is 20.6. The summed E-state index contributed by atoms with van der Waals surface area (Å²) in [6.45, 7) is 17.7. The molecule has 2 N–H and O–H groups in total. The molecule has 0 saturated heterocycles. The summed E-state index contributed by atoms with van der Waals surface area (Å²) in [5, 5.41) is 24.7. The molecule has 362 valence electrons. The lowest BCUT2D eigenvalue weighted by Crippen LogP contribution is -2.37. The van der Waals surface area contributed by atoms with E-state index in [0.29, 0.717) is 37.2 Å². The number of aliphatic hydroxyl groups is 2. The SMILES string of the molecule is CC(C)=CCC[C@]1(C)C=Cc2c(ccc3c2C(=O)C(C2=C(O)c4ccc5c(c4C(=O)C2=O)C=C[C@@](C)(CCC=C(C)C)O5)=C(C2=C(O)c4ccc5c(c4C(=O)C2=O)C=C[C@@](C)(CCC=C(C)C)O5)C3=O)O1. The summed E-state index contributed by atoms with van der Waals surface area (Å²) < 4.78 is 19.3. The van der Waals surface area contributed by atoms with Gasteiger partial charge >= 0.3 is 0 Å². The highest BCUT2D eigenvalue weighted by Gasteiger charge is 2.50. The highest BCUT2D eigenvalue weighted by atomic mass is 16.5. The minimum atomic E-state index is -1.35. The molecule has 0 spiro atoms. The first-order valence-electron chi connectivity index (χ1n) is 24.0. The van der Waals surface area contributed by atoms with E-state index < -0.39 is 85.3 Å². The Morgan fingerprint density at radius 3 is 1.07 bits per heavy atom. The maximum atomic E-state index is 15.6. The van der Waals surface area contributed by atoms with Crippen molar-refractivity contribution in [2.45, 2.75) is 118 Å². The summed E-state index contributed by atoms with van der Waals surface area (Å²) in [4.78, 5) is 89.6. The molecule has 3 aliphatic heterocycles. The van der Waals surface area contributed by atoms with Crippen molar-refractivity contribution in [1.29, 1.82) is 0 Å². The smallest absolute Gasteiger partial charge is 0.238 e. The topological polar surface area (TPSA) is 171 Å². The summed E-state index contributed by atoms with van der Waals surface area (Å²) in [6.07, 6.45) is 20.5. The van der Waals surface area contributed by atoms with Crippen LogP contribution in [0, 0.1) is 0 Å². The lowest BCUT2D eigenvalue weighted by molar-refractivity contribution is -0.112. The number of carbonyl (C=O) groups is 6. The minimum absolute atomic E-state index is 0.127. The van der Waals surface area contributed by atoms with Gasteiger partial charge in [-0.3, -0.25) is 28.8 Å². The van der Waals surface area contributed by atoms with Gasteiger partial charge in [0.25, 0.3) is 0 Å². The average Bonchev–Trinajstić information content (AvgIpc) is 3.30. The van der Waals surface area contributed by atoms with Crippen LogP contribution in [0.25, 0.3) is 29.7 Å². The number of Topliss-reactive ketones (excluding diaryl/α,β-unsaturated/α-hetero) is 6. The number of carbonyl (C=O) groups excluding carboxylic acids is 6. The van der Waals surface area contributed by atoms with Gasteiger partial charge in [-0.25, -0.2) is 0 Å². The molecule has 3 aliphatic carbocycles. The zero-order valence-electron chi connectivity index (χ0n) is 41.5. The standard InChI is InChI=1S/C60H56O11/c1-31(2)13-10-25-58(7)28-22-34-40(69-58)19-16-37-43(34)53(64)47(49-52(63)39-18-21-42-36(45(39)55(66)57(49)68)24-30-60(9,71-42)27-12-15-33(5)6)46(50(37)61)48-51(62)38-17-20-41-35(44(38)54(65)56(48)67)23-29-59(8,70-41)26-11-14-32(3)4/h13-24,28-30,62-63H,10-12,25-27H2,1-9H3/t58-,59-,60-/m1/s1. The Morgan fingerprint density at radius 2 is 0.732 bits per heavy atom. The second kappa shape index (κ2) is 17.6. The molecule has 3 heterocycles. The molecule has 0 unspecified atom stereocenters. The summed E-state index contributed by atoms with van der Waals surface area (Å²) in [6, 6.07) is 8.79. The van der Waals surface area contributed by atoms with Crippen LogP contribution in [0.1, 0.15) is 170 Å². The highest BCUT2D eigenvalue weighted by molar-refractivity contribution is 6.58. The van der Waals surface area contributed by atoms with E-state index in [-0.39, 0.29) is 55.8 Å². The maximum Gasteiger partial charge on any atom is 0.238 e. The summed E-state index contributed by atoms with van der Waals surface area (Å²) in [5.74, 6) is -7.76. The number of hydrogen-bond donors (Lipinski definition) is 2. The predicted molar refractivity (Wildman–Crippen MR) is 273 cm³/mol. The molecule has 0 fully saturated rings.